The highest BCUT2D eigenvalue weighted by molar-refractivity contribution is 5.85. The summed E-state index contributed by atoms with van der Waals surface area (Å²) < 4.78 is 37.6. The number of carbonyl (C=O) groups is 1. The Kier molecular flexibility index (Phi) is 7.55. The molecule has 1 saturated heterocycles. The van der Waals surface area contributed by atoms with Crippen molar-refractivity contribution in [2.75, 3.05) is 6.54 Å². The zero-order chi connectivity index (χ0) is 17.0. The summed E-state index contributed by atoms with van der Waals surface area (Å²) in [5.41, 5.74) is 0.0657. The Bertz CT molecular complexity index is 534. The van der Waals surface area contributed by atoms with E-state index in [0.717, 1.165) is 37.1 Å². The zero-order valence-corrected chi connectivity index (χ0v) is 14.6. The fraction of sp³-hybridized carbons (Fsp3) is 0.588. The molecular formula is C17H24ClF3N2O. The van der Waals surface area contributed by atoms with Gasteiger partial charge in [-0.15, -0.1) is 12.4 Å². The smallest absolute Gasteiger partial charge is 0.352 e. The van der Waals surface area contributed by atoms with E-state index in [1.165, 1.54) is 12.1 Å². The molecule has 1 amide bonds. The Balaban J connectivity index is 0.00000288. The standard InChI is InChI=1S/C17H23F3N2O.ClH/c1-11(16(23)22-15-4-3-9-21-12(15)2)10-13-5-7-14(8-6-13)17(18,19)20;/h5-8,11-12,15,21H,3-4,9-10H2,1-2H3,(H,22,23);1H. The molecule has 0 radical (unpaired) electrons. The van der Waals surface area contributed by atoms with Crippen LogP contribution in [-0.4, -0.2) is 24.5 Å². The maximum atomic E-state index is 12.5. The first-order valence-corrected chi connectivity index (χ1v) is 7.97. The van der Waals surface area contributed by atoms with Crippen LogP contribution in [0, 0.1) is 5.92 Å². The van der Waals surface area contributed by atoms with E-state index in [9.17, 15) is 18.0 Å². The van der Waals surface area contributed by atoms with Crippen molar-refractivity contribution in [3.63, 3.8) is 0 Å². The quantitative estimate of drug-likeness (QED) is 0.857. The minimum Gasteiger partial charge on any atom is -0.352 e. The molecule has 0 aliphatic carbocycles. The summed E-state index contributed by atoms with van der Waals surface area (Å²) in [4.78, 5) is 12.3. The van der Waals surface area contributed by atoms with Crippen LogP contribution in [0.4, 0.5) is 13.2 Å². The van der Waals surface area contributed by atoms with Crippen LogP contribution in [0.2, 0.25) is 0 Å². The van der Waals surface area contributed by atoms with Crippen molar-refractivity contribution in [3.05, 3.63) is 35.4 Å². The molecule has 3 unspecified atom stereocenters. The lowest BCUT2D eigenvalue weighted by molar-refractivity contribution is -0.137. The maximum Gasteiger partial charge on any atom is 0.416 e. The summed E-state index contributed by atoms with van der Waals surface area (Å²) in [6, 6.07) is 5.37. The molecule has 0 bridgehead atoms. The molecule has 1 aliphatic heterocycles. The molecule has 1 aliphatic rings. The lowest BCUT2D eigenvalue weighted by atomic mass is 9.96. The molecule has 2 rings (SSSR count). The number of halogens is 4. The van der Waals surface area contributed by atoms with Gasteiger partial charge in [0.05, 0.1) is 5.56 Å². The van der Waals surface area contributed by atoms with Gasteiger partial charge < -0.3 is 10.6 Å². The first-order valence-electron chi connectivity index (χ1n) is 7.97. The summed E-state index contributed by atoms with van der Waals surface area (Å²) in [6.45, 7) is 4.81. The molecule has 136 valence electrons. The van der Waals surface area contributed by atoms with Gasteiger partial charge in [0.1, 0.15) is 0 Å². The predicted octanol–water partition coefficient (Wildman–Crippen LogP) is 3.56. The molecular weight excluding hydrogens is 341 g/mol. The van der Waals surface area contributed by atoms with Gasteiger partial charge in [0.15, 0.2) is 0 Å². The van der Waals surface area contributed by atoms with Crippen molar-refractivity contribution < 1.29 is 18.0 Å². The van der Waals surface area contributed by atoms with Gasteiger partial charge in [0.2, 0.25) is 5.91 Å². The maximum absolute atomic E-state index is 12.5. The van der Waals surface area contributed by atoms with Crippen molar-refractivity contribution in [2.45, 2.75) is 51.4 Å². The predicted molar refractivity (Wildman–Crippen MR) is 90.2 cm³/mol. The van der Waals surface area contributed by atoms with Crippen LogP contribution in [-0.2, 0) is 17.4 Å². The minimum atomic E-state index is -4.33. The largest absolute Gasteiger partial charge is 0.416 e. The number of nitrogens with one attached hydrogen (secondary N) is 2. The third-order valence-corrected chi connectivity index (χ3v) is 4.36. The number of benzene rings is 1. The van der Waals surface area contributed by atoms with Crippen molar-refractivity contribution in [3.8, 4) is 0 Å². The first kappa shape index (κ1) is 20.8. The third-order valence-electron chi connectivity index (χ3n) is 4.36. The summed E-state index contributed by atoms with van der Waals surface area (Å²) in [6.07, 6.45) is -1.92. The summed E-state index contributed by atoms with van der Waals surface area (Å²) in [5, 5.41) is 6.37. The van der Waals surface area contributed by atoms with E-state index in [-0.39, 0.29) is 36.3 Å². The summed E-state index contributed by atoms with van der Waals surface area (Å²) in [7, 11) is 0. The van der Waals surface area contributed by atoms with E-state index in [1.807, 2.05) is 6.92 Å². The van der Waals surface area contributed by atoms with E-state index < -0.39 is 11.7 Å². The minimum absolute atomic E-state index is 0. The number of carbonyl (C=O) groups excluding carboxylic acids is 1. The van der Waals surface area contributed by atoms with Crippen LogP contribution in [0.3, 0.4) is 0 Å². The molecule has 24 heavy (non-hydrogen) atoms. The molecule has 3 atom stereocenters. The van der Waals surface area contributed by atoms with Gasteiger partial charge >= 0.3 is 6.18 Å². The number of rotatable bonds is 4. The van der Waals surface area contributed by atoms with Crippen LogP contribution in [0.15, 0.2) is 24.3 Å². The van der Waals surface area contributed by atoms with E-state index in [2.05, 4.69) is 10.6 Å². The van der Waals surface area contributed by atoms with E-state index >= 15 is 0 Å². The van der Waals surface area contributed by atoms with Crippen molar-refractivity contribution in [2.24, 2.45) is 5.92 Å². The van der Waals surface area contributed by atoms with E-state index in [0.29, 0.717) is 6.42 Å². The summed E-state index contributed by atoms with van der Waals surface area (Å²) in [5.74, 6) is -0.327. The Morgan fingerprint density at radius 3 is 2.50 bits per heavy atom. The topological polar surface area (TPSA) is 41.1 Å². The van der Waals surface area contributed by atoms with Crippen molar-refractivity contribution in [1.29, 1.82) is 0 Å². The summed E-state index contributed by atoms with van der Waals surface area (Å²) >= 11 is 0. The van der Waals surface area contributed by atoms with Gasteiger partial charge in [-0.05, 0) is 50.4 Å². The molecule has 0 aromatic heterocycles. The fourth-order valence-electron chi connectivity index (χ4n) is 2.84. The number of hydrogen-bond donors (Lipinski definition) is 2. The van der Waals surface area contributed by atoms with Gasteiger partial charge in [-0.25, -0.2) is 0 Å². The average Bonchev–Trinajstić information content (AvgIpc) is 2.49. The second-order valence-electron chi connectivity index (χ2n) is 6.30. The Morgan fingerprint density at radius 1 is 1.33 bits per heavy atom. The number of alkyl halides is 3. The Labute approximate surface area is 146 Å². The van der Waals surface area contributed by atoms with Crippen LogP contribution in [0.5, 0.6) is 0 Å². The zero-order valence-electron chi connectivity index (χ0n) is 13.8. The third kappa shape index (κ3) is 5.67. The van der Waals surface area contributed by atoms with Crippen LogP contribution < -0.4 is 10.6 Å². The molecule has 1 heterocycles. The molecule has 0 spiro atoms. The Hall–Kier alpha value is -1.27. The number of piperidine rings is 1. The van der Waals surface area contributed by atoms with Crippen LogP contribution in [0.25, 0.3) is 0 Å². The highest BCUT2D eigenvalue weighted by Crippen LogP contribution is 2.29. The highest BCUT2D eigenvalue weighted by Gasteiger charge is 2.30. The lowest BCUT2D eigenvalue weighted by Crippen LogP contribution is -2.53. The lowest BCUT2D eigenvalue weighted by Gasteiger charge is -2.31. The van der Waals surface area contributed by atoms with Gasteiger partial charge in [-0.3, -0.25) is 4.79 Å². The molecule has 1 aromatic carbocycles. The van der Waals surface area contributed by atoms with Gasteiger partial charge in [-0.2, -0.15) is 13.2 Å². The molecule has 1 fully saturated rings. The van der Waals surface area contributed by atoms with Gasteiger partial charge in [0, 0.05) is 18.0 Å². The molecule has 1 aromatic rings. The van der Waals surface area contributed by atoms with E-state index in [4.69, 9.17) is 0 Å². The van der Waals surface area contributed by atoms with Crippen LogP contribution >= 0.6 is 12.4 Å². The number of hydrogen-bond acceptors (Lipinski definition) is 2. The van der Waals surface area contributed by atoms with Crippen molar-refractivity contribution in [1.82, 2.24) is 10.6 Å². The van der Waals surface area contributed by atoms with Crippen molar-refractivity contribution >= 4 is 18.3 Å². The SMILES string of the molecule is CC(Cc1ccc(C(F)(F)F)cc1)C(=O)NC1CCCNC1C.Cl. The first-order chi connectivity index (χ1) is 10.8. The average molecular weight is 365 g/mol. The molecule has 3 nitrogen and oxygen atoms in total. The fourth-order valence-corrected chi connectivity index (χ4v) is 2.84. The molecule has 0 saturated carbocycles. The van der Waals surface area contributed by atoms with Gasteiger partial charge in [0.25, 0.3) is 0 Å². The second kappa shape index (κ2) is 8.72. The molecule has 7 heteroatoms. The van der Waals surface area contributed by atoms with Crippen LogP contribution in [0.1, 0.15) is 37.8 Å². The Morgan fingerprint density at radius 2 is 1.96 bits per heavy atom. The second-order valence-corrected chi connectivity index (χ2v) is 6.30. The van der Waals surface area contributed by atoms with E-state index in [1.54, 1.807) is 6.92 Å². The number of amides is 1. The monoisotopic (exact) mass is 364 g/mol. The highest BCUT2D eigenvalue weighted by atomic mass is 35.5. The normalized spacial score (nSPS) is 22.4. The molecule has 2 N–H and O–H groups in total. The van der Waals surface area contributed by atoms with Gasteiger partial charge in [-0.1, -0.05) is 19.1 Å².